The normalized spacial score (nSPS) is 12.4. The Hall–Kier alpha value is -4.06. The highest BCUT2D eigenvalue weighted by Crippen LogP contribution is 2.17. The standard InChI is InChI=1S/C24H32N4O5.C8H11NO/c1-5-8-18-21-22(27(4)26-18)23(29)28(20(6-2)25-21)13-14-33-17-11-9-16(10-12-17)15-19(24(30)31)32-7-3;9-8(6-10)7-4-2-1-3-5-7/h9-12,19H,5-8,13-15H2,1-4H3,(H,30,31);1-5,8,10H,6,9H2. The van der Waals surface area contributed by atoms with E-state index in [1.165, 1.54) is 0 Å². The van der Waals surface area contributed by atoms with Gasteiger partial charge in [-0.2, -0.15) is 5.10 Å². The summed E-state index contributed by atoms with van der Waals surface area (Å²) in [6, 6.07) is 16.6. The Labute approximate surface area is 251 Å². The summed E-state index contributed by atoms with van der Waals surface area (Å²) in [4.78, 5) is 29.2. The Bertz CT molecular complexity index is 1500. The van der Waals surface area contributed by atoms with Crippen molar-refractivity contribution in [3.63, 3.8) is 0 Å². The first-order valence-electron chi connectivity index (χ1n) is 14.7. The molecular weight excluding hydrogens is 550 g/mol. The van der Waals surface area contributed by atoms with Crippen LogP contribution >= 0.6 is 0 Å². The van der Waals surface area contributed by atoms with Crippen molar-refractivity contribution in [1.29, 1.82) is 0 Å². The molecule has 0 spiro atoms. The van der Waals surface area contributed by atoms with Gasteiger partial charge in [-0.3, -0.25) is 14.0 Å². The molecule has 2 aromatic carbocycles. The first kappa shape index (κ1) is 33.4. The minimum absolute atomic E-state index is 0.00398. The lowest BCUT2D eigenvalue weighted by Crippen LogP contribution is -2.28. The number of rotatable bonds is 14. The smallest absolute Gasteiger partial charge is 0.333 e. The molecule has 0 radical (unpaired) electrons. The van der Waals surface area contributed by atoms with Crippen molar-refractivity contribution in [2.75, 3.05) is 19.8 Å². The molecule has 11 nitrogen and oxygen atoms in total. The first-order chi connectivity index (χ1) is 20.7. The van der Waals surface area contributed by atoms with Crippen LogP contribution in [0.4, 0.5) is 0 Å². The highest BCUT2D eigenvalue weighted by molar-refractivity contribution is 5.76. The molecule has 0 aliphatic heterocycles. The van der Waals surface area contributed by atoms with Crippen molar-refractivity contribution < 1.29 is 24.5 Å². The molecule has 0 saturated carbocycles. The highest BCUT2D eigenvalue weighted by Gasteiger charge is 2.19. The zero-order valence-corrected chi connectivity index (χ0v) is 25.4. The number of aliphatic hydroxyl groups is 1. The fraction of sp³-hybridized carbons (Fsp3) is 0.438. The quantitative estimate of drug-likeness (QED) is 0.199. The molecule has 232 valence electrons. The number of aromatic nitrogens is 4. The molecule has 4 rings (SSSR count). The van der Waals surface area contributed by atoms with Crippen molar-refractivity contribution in [3.05, 3.63) is 87.6 Å². The van der Waals surface area contributed by atoms with E-state index in [1.54, 1.807) is 35.4 Å². The maximum absolute atomic E-state index is 13.2. The Morgan fingerprint density at radius 2 is 1.77 bits per heavy atom. The SMILES string of the molecule is CCCc1nn(C)c2c(=O)n(CCOc3ccc(CC(OCC)C(=O)O)cc3)c(CC)nc12.NC(CO)c1ccccc1. The summed E-state index contributed by atoms with van der Waals surface area (Å²) in [5, 5.41) is 22.4. The van der Waals surface area contributed by atoms with E-state index in [2.05, 4.69) is 12.0 Å². The summed E-state index contributed by atoms with van der Waals surface area (Å²) < 4.78 is 14.4. The summed E-state index contributed by atoms with van der Waals surface area (Å²) in [5.74, 6) is 0.385. The van der Waals surface area contributed by atoms with Crippen molar-refractivity contribution in [1.82, 2.24) is 19.3 Å². The van der Waals surface area contributed by atoms with Crippen LogP contribution in [0.3, 0.4) is 0 Å². The van der Waals surface area contributed by atoms with Crippen molar-refractivity contribution in [2.24, 2.45) is 12.8 Å². The van der Waals surface area contributed by atoms with E-state index in [0.29, 0.717) is 48.8 Å². The van der Waals surface area contributed by atoms with Crippen LogP contribution < -0.4 is 16.0 Å². The summed E-state index contributed by atoms with van der Waals surface area (Å²) >= 11 is 0. The van der Waals surface area contributed by atoms with Gasteiger partial charge in [0.05, 0.1) is 24.9 Å². The van der Waals surface area contributed by atoms with Crippen LogP contribution in [-0.2, 0) is 42.4 Å². The number of fused-ring (bicyclic) bond motifs is 1. The number of benzene rings is 2. The molecule has 0 bridgehead atoms. The monoisotopic (exact) mass is 593 g/mol. The number of aryl methyl sites for hydroxylation is 3. The topological polar surface area (TPSA) is 155 Å². The number of aliphatic carboxylic acids is 1. The predicted octanol–water partition coefficient (Wildman–Crippen LogP) is 3.43. The molecule has 43 heavy (non-hydrogen) atoms. The third-order valence-corrected chi connectivity index (χ3v) is 6.89. The van der Waals surface area contributed by atoms with Crippen molar-refractivity contribution in [3.8, 4) is 5.75 Å². The second-order valence-electron chi connectivity index (χ2n) is 10.0. The lowest BCUT2D eigenvalue weighted by Gasteiger charge is -2.14. The highest BCUT2D eigenvalue weighted by atomic mass is 16.5. The zero-order valence-electron chi connectivity index (χ0n) is 25.4. The molecule has 2 heterocycles. The molecule has 4 N–H and O–H groups in total. The lowest BCUT2D eigenvalue weighted by molar-refractivity contribution is -0.149. The van der Waals surface area contributed by atoms with E-state index in [1.807, 2.05) is 49.4 Å². The van der Waals surface area contributed by atoms with Gasteiger partial charge in [0.2, 0.25) is 0 Å². The molecule has 0 fully saturated rings. The van der Waals surface area contributed by atoms with Gasteiger partial charge in [-0.05, 0) is 36.6 Å². The molecule has 2 atom stereocenters. The van der Waals surface area contributed by atoms with Gasteiger partial charge in [0.15, 0.2) is 11.6 Å². The van der Waals surface area contributed by atoms with Gasteiger partial charge in [-0.15, -0.1) is 0 Å². The fourth-order valence-corrected chi connectivity index (χ4v) is 4.68. The van der Waals surface area contributed by atoms with Crippen LogP contribution in [-0.4, -0.2) is 61.4 Å². The molecule has 0 amide bonds. The van der Waals surface area contributed by atoms with E-state index in [4.69, 9.17) is 25.3 Å². The maximum Gasteiger partial charge on any atom is 0.333 e. The summed E-state index contributed by atoms with van der Waals surface area (Å²) in [6.45, 7) is 6.85. The number of hydrogen-bond donors (Lipinski definition) is 3. The van der Waals surface area contributed by atoms with E-state index in [0.717, 1.165) is 29.7 Å². The van der Waals surface area contributed by atoms with Crippen LogP contribution in [0.15, 0.2) is 59.4 Å². The molecule has 2 unspecified atom stereocenters. The molecule has 2 aromatic heterocycles. The number of hydrogen-bond acceptors (Lipinski definition) is 8. The van der Waals surface area contributed by atoms with Gasteiger partial charge < -0.3 is 25.4 Å². The molecule has 0 aliphatic rings. The Kier molecular flexibility index (Phi) is 12.9. The van der Waals surface area contributed by atoms with Gasteiger partial charge in [0, 0.05) is 26.5 Å². The number of aliphatic hydroxyl groups excluding tert-OH is 1. The zero-order chi connectivity index (χ0) is 31.4. The molecule has 11 heteroatoms. The fourth-order valence-electron chi connectivity index (χ4n) is 4.68. The second-order valence-corrected chi connectivity index (χ2v) is 10.0. The largest absolute Gasteiger partial charge is 0.492 e. The van der Waals surface area contributed by atoms with Gasteiger partial charge in [0.25, 0.3) is 5.56 Å². The minimum Gasteiger partial charge on any atom is -0.492 e. The Balaban J connectivity index is 0.000000428. The minimum atomic E-state index is -0.977. The summed E-state index contributed by atoms with van der Waals surface area (Å²) in [6.07, 6.45) is 1.77. The van der Waals surface area contributed by atoms with E-state index >= 15 is 0 Å². The average molecular weight is 594 g/mol. The van der Waals surface area contributed by atoms with Crippen LogP contribution in [0.25, 0.3) is 11.0 Å². The van der Waals surface area contributed by atoms with Crippen LogP contribution in [0.2, 0.25) is 0 Å². The van der Waals surface area contributed by atoms with Gasteiger partial charge in [-0.25, -0.2) is 9.78 Å². The van der Waals surface area contributed by atoms with Crippen molar-refractivity contribution in [2.45, 2.75) is 65.1 Å². The third-order valence-electron chi connectivity index (χ3n) is 6.89. The maximum atomic E-state index is 13.2. The third kappa shape index (κ3) is 8.96. The van der Waals surface area contributed by atoms with Crippen molar-refractivity contribution >= 4 is 17.0 Å². The number of carboxylic acid groups (broad SMARTS) is 1. The summed E-state index contributed by atoms with van der Waals surface area (Å²) in [5.41, 5.74) is 9.33. The van der Waals surface area contributed by atoms with E-state index in [-0.39, 0.29) is 24.6 Å². The first-order valence-corrected chi connectivity index (χ1v) is 14.7. The van der Waals surface area contributed by atoms with Gasteiger partial charge in [-0.1, -0.05) is 62.7 Å². The molecule has 4 aromatic rings. The van der Waals surface area contributed by atoms with E-state index in [9.17, 15) is 14.7 Å². The van der Waals surface area contributed by atoms with Crippen LogP contribution in [0, 0.1) is 0 Å². The predicted molar refractivity (Wildman–Crippen MR) is 165 cm³/mol. The van der Waals surface area contributed by atoms with Crippen LogP contribution in [0.5, 0.6) is 5.75 Å². The molecule has 0 aliphatic carbocycles. The molecule has 0 saturated heterocycles. The Morgan fingerprint density at radius 1 is 1.07 bits per heavy atom. The van der Waals surface area contributed by atoms with Gasteiger partial charge >= 0.3 is 5.97 Å². The number of carbonyl (C=O) groups is 1. The second kappa shape index (κ2) is 16.5. The number of nitrogens with two attached hydrogens (primary N) is 1. The average Bonchev–Trinajstić information content (AvgIpc) is 3.33. The number of carboxylic acids is 1. The Morgan fingerprint density at radius 3 is 2.35 bits per heavy atom. The summed E-state index contributed by atoms with van der Waals surface area (Å²) in [7, 11) is 1.78. The van der Waals surface area contributed by atoms with E-state index < -0.39 is 12.1 Å². The number of nitrogens with zero attached hydrogens (tertiary/aromatic N) is 4. The lowest BCUT2D eigenvalue weighted by atomic mass is 10.1. The van der Waals surface area contributed by atoms with Crippen LogP contribution in [0.1, 0.15) is 55.9 Å². The molecular formula is C32H43N5O6. The van der Waals surface area contributed by atoms with Gasteiger partial charge in [0.1, 0.15) is 23.7 Å². The number of ether oxygens (including phenoxy) is 2.